The number of ether oxygens (including phenoxy) is 1. The largest absolute Gasteiger partial charge is 0.457 e. The van der Waals surface area contributed by atoms with Gasteiger partial charge in [0.15, 0.2) is 0 Å². The van der Waals surface area contributed by atoms with Gasteiger partial charge in [-0.3, -0.25) is 0 Å². The number of rotatable bonds is 5. The molecule has 0 aromatic heterocycles. The van der Waals surface area contributed by atoms with E-state index in [0.29, 0.717) is 5.56 Å². The van der Waals surface area contributed by atoms with Crippen molar-refractivity contribution in [2.75, 3.05) is 9.80 Å². The number of anilines is 6. The van der Waals surface area contributed by atoms with Crippen molar-refractivity contribution in [2.24, 2.45) is 0 Å². The summed E-state index contributed by atoms with van der Waals surface area (Å²) < 4.78 is 6.27. The van der Waals surface area contributed by atoms with Crippen LogP contribution < -0.4 is 26.2 Å². The highest BCUT2D eigenvalue weighted by Gasteiger charge is 2.45. The van der Waals surface area contributed by atoms with Crippen molar-refractivity contribution in [3.05, 3.63) is 159 Å². The molecule has 0 radical (unpaired) electrons. The fraction of sp³-hybridized carbons (Fsp3) is 0.393. The predicted octanol–water partition coefficient (Wildman–Crippen LogP) is 14.1. The van der Waals surface area contributed by atoms with Gasteiger partial charge in [0.1, 0.15) is 6.61 Å². The van der Waals surface area contributed by atoms with Gasteiger partial charge >= 0.3 is 5.97 Å². The van der Waals surface area contributed by atoms with Crippen molar-refractivity contribution in [3.63, 3.8) is 0 Å². The summed E-state index contributed by atoms with van der Waals surface area (Å²) in [7, 11) is 0. The SMILES string of the molecule is CC(C)(C)c1cc(N2c3cc(C(C)(C)C)ccc3B3c4cc5c(cc4N(c4cc(C(C)(C)C)cc(C(C)(C)C)c4)c4cc(C(=O)OCc6ccccc6)cc2c43)CCC5)cc(C(C)(C)C)c1. The van der Waals surface area contributed by atoms with Crippen molar-refractivity contribution in [1.82, 2.24) is 0 Å². The molecular formula is C61H71BN2O2. The molecule has 2 aliphatic heterocycles. The van der Waals surface area contributed by atoms with Gasteiger partial charge in [0, 0.05) is 34.1 Å². The van der Waals surface area contributed by atoms with Gasteiger partial charge in [-0.15, -0.1) is 0 Å². The quantitative estimate of drug-likeness (QED) is 0.127. The predicted molar refractivity (Wildman–Crippen MR) is 282 cm³/mol. The highest BCUT2D eigenvalue weighted by Crippen LogP contribution is 2.49. The van der Waals surface area contributed by atoms with E-state index in [2.05, 4.69) is 193 Å². The smallest absolute Gasteiger partial charge is 0.338 e. The van der Waals surface area contributed by atoms with Gasteiger partial charge in [0.2, 0.25) is 0 Å². The minimum atomic E-state index is -0.332. The van der Waals surface area contributed by atoms with E-state index in [1.165, 1.54) is 61.0 Å². The molecule has 0 N–H and O–H groups in total. The second kappa shape index (κ2) is 15.8. The van der Waals surface area contributed by atoms with E-state index >= 15 is 0 Å². The second-order valence-corrected chi connectivity index (χ2v) is 24.7. The summed E-state index contributed by atoms with van der Waals surface area (Å²) in [5.41, 5.74) is 20.8. The number of hydrogen-bond acceptors (Lipinski definition) is 4. The first-order valence-corrected chi connectivity index (χ1v) is 24.4. The van der Waals surface area contributed by atoms with Crippen LogP contribution in [0.2, 0.25) is 0 Å². The first-order chi connectivity index (χ1) is 30.8. The molecule has 1 aliphatic carbocycles. The summed E-state index contributed by atoms with van der Waals surface area (Å²) in [5.74, 6) is -0.332. The van der Waals surface area contributed by atoms with E-state index in [4.69, 9.17) is 4.74 Å². The normalized spacial score (nSPS) is 14.7. The van der Waals surface area contributed by atoms with Crippen LogP contribution >= 0.6 is 0 Å². The monoisotopic (exact) mass is 875 g/mol. The number of carbonyl (C=O) groups excluding carboxylic acids is 1. The summed E-state index contributed by atoms with van der Waals surface area (Å²) >= 11 is 0. The average Bonchev–Trinajstić information content (AvgIpc) is 3.70. The van der Waals surface area contributed by atoms with Crippen LogP contribution in [0.1, 0.15) is 165 Å². The molecule has 0 amide bonds. The Morgan fingerprint density at radius 2 is 0.939 bits per heavy atom. The molecule has 340 valence electrons. The molecule has 0 saturated carbocycles. The van der Waals surface area contributed by atoms with Crippen LogP contribution in [0.5, 0.6) is 0 Å². The number of carbonyl (C=O) groups is 1. The number of fused-ring (bicyclic) bond motifs is 5. The zero-order valence-electron chi connectivity index (χ0n) is 42.5. The topological polar surface area (TPSA) is 32.8 Å². The molecule has 9 rings (SSSR count). The van der Waals surface area contributed by atoms with Crippen molar-refractivity contribution in [2.45, 2.75) is 157 Å². The van der Waals surface area contributed by atoms with Crippen LogP contribution in [0.4, 0.5) is 34.1 Å². The Hall–Kier alpha value is -5.55. The Labute approximate surface area is 396 Å². The molecule has 0 unspecified atom stereocenters. The number of benzene rings is 6. The van der Waals surface area contributed by atoms with Gasteiger partial charge in [0.25, 0.3) is 6.71 Å². The van der Waals surface area contributed by atoms with Crippen molar-refractivity contribution in [1.29, 1.82) is 0 Å². The Morgan fingerprint density at radius 3 is 1.41 bits per heavy atom. The summed E-state index contributed by atoms with van der Waals surface area (Å²) in [6.45, 7) is 34.8. The molecule has 5 heteroatoms. The molecule has 0 atom stereocenters. The zero-order chi connectivity index (χ0) is 47.5. The van der Waals surface area contributed by atoms with Crippen LogP contribution in [0.15, 0.2) is 109 Å². The van der Waals surface area contributed by atoms with Crippen molar-refractivity contribution < 1.29 is 9.53 Å². The highest BCUT2D eigenvalue weighted by molar-refractivity contribution is 7.00. The Morgan fingerprint density at radius 1 is 0.485 bits per heavy atom. The first-order valence-electron chi connectivity index (χ1n) is 24.4. The average molecular weight is 875 g/mol. The van der Waals surface area contributed by atoms with Gasteiger partial charge in [0.05, 0.1) is 5.56 Å². The maximum Gasteiger partial charge on any atom is 0.338 e. The molecule has 3 aliphatic rings. The van der Waals surface area contributed by atoms with Crippen LogP contribution in [0.3, 0.4) is 0 Å². The molecule has 0 bridgehead atoms. The van der Waals surface area contributed by atoms with E-state index in [1.54, 1.807) is 0 Å². The number of aryl methyl sites for hydroxylation is 2. The Bertz CT molecular complexity index is 2830. The summed E-state index contributed by atoms with van der Waals surface area (Å²) in [6, 6.07) is 41.0. The molecule has 0 fully saturated rings. The van der Waals surface area contributed by atoms with E-state index in [1.807, 2.05) is 30.3 Å². The van der Waals surface area contributed by atoms with Crippen LogP contribution in [-0.2, 0) is 51.3 Å². The third-order valence-electron chi connectivity index (χ3n) is 14.4. The highest BCUT2D eigenvalue weighted by atomic mass is 16.5. The lowest BCUT2D eigenvalue weighted by Crippen LogP contribution is -2.61. The maximum absolute atomic E-state index is 14.9. The van der Waals surface area contributed by atoms with Gasteiger partial charge in [-0.1, -0.05) is 165 Å². The van der Waals surface area contributed by atoms with Crippen molar-refractivity contribution in [3.8, 4) is 0 Å². The standard InChI is InChI=1S/C61H71BN2O2/c1-57(2,3)42-24-25-49-52(36-42)64(48-34-45(60(10,11)12)31-46(35-48)61(13,14)15)54-29-41(56(65)66-37-38-20-17-16-18-21-38)28-53-55(54)62(49)50-26-39-22-19-23-40(39)27-51(50)63(53)47-32-43(58(4,5)6)30-44(33-47)59(7,8)9/h16-18,20-21,24-36H,19,22-23,37H2,1-15H3. The molecule has 66 heavy (non-hydrogen) atoms. The third-order valence-corrected chi connectivity index (χ3v) is 14.4. The Kier molecular flexibility index (Phi) is 10.9. The van der Waals surface area contributed by atoms with Crippen LogP contribution in [0.25, 0.3) is 0 Å². The molecular weight excluding hydrogens is 803 g/mol. The number of hydrogen-bond donors (Lipinski definition) is 0. The van der Waals surface area contributed by atoms with E-state index < -0.39 is 0 Å². The van der Waals surface area contributed by atoms with Gasteiger partial charge in [-0.25, -0.2) is 4.79 Å². The van der Waals surface area contributed by atoms with Crippen molar-refractivity contribution >= 4 is 63.2 Å². The molecule has 6 aromatic carbocycles. The van der Waals surface area contributed by atoms with Crippen LogP contribution in [-0.4, -0.2) is 12.7 Å². The second-order valence-electron chi connectivity index (χ2n) is 24.7. The molecule has 0 saturated heterocycles. The minimum absolute atomic E-state index is 0.0671. The zero-order valence-corrected chi connectivity index (χ0v) is 42.5. The summed E-state index contributed by atoms with van der Waals surface area (Å²) in [4.78, 5) is 19.9. The van der Waals surface area contributed by atoms with E-state index in [-0.39, 0.29) is 46.4 Å². The lowest BCUT2D eigenvalue weighted by Gasteiger charge is -2.45. The molecule has 4 nitrogen and oxygen atoms in total. The maximum atomic E-state index is 14.9. The molecule has 0 spiro atoms. The lowest BCUT2D eigenvalue weighted by molar-refractivity contribution is 0.0472. The van der Waals surface area contributed by atoms with Gasteiger partial charge in [-0.05, 0) is 156 Å². The lowest BCUT2D eigenvalue weighted by atomic mass is 9.33. The third kappa shape index (κ3) is 8.30. The van der Waals surface area contributed by atoms with E-state index in [0.717, 1.165) is 53.3 Å². The van der Waals surface area contributed by atoms with Gasteiger partial charge in [-0.2, -0.15) is 0 Å². The molecule has 6 aromatic rings. The fourth-order valence-electron chi connectivity index (χ4n) is 10.2. The van der Waals surface area contributed by atoms with E-state index in [9.17, 15) is 4.79 Å². The number of esters is 1. The first kappa shape index (κ1) is 45.6. The Balaban J connectivity index is 1.42. The fourth-order valence-corrected chi connectivity index (χ4v) is 10.2. The summed E-state index contributed by atoms with van der Waals surface area (Å²) in [5, 5.41) is 0. The van der Waals surface area contributed by atoms with Gasteiger partial charge < -0.3 is 14.5 Å². The van der Waals surface area contributed by atoms with Crippen LogP contribution in [0, 0.1) is 0 Å². The number of nitrogens with zero attached hydrogens (tertiary/aromatic N) is 2. The minimum Gasteiger partial charge on any atom is -0.457 e. The molecule has 2 heterocycles. The summed E-state index contributed by atoms with van der Waals surface area (Å²) in [6.07, 6.45) is 3.32.